The SMILES string of the molecule is CCC1O[C@H](O[C@@H]2C(C(C)=O)O[C@@H](O[C@@H]3C(CC)O[C@H](O[C@@H]4C(C(C)=O)O[C@@H](O[C@@H]5C(COC(C)=O)O[C@H](OC)C(N=[N+]=[N-])[C@H]5C)C(OC(=O)c5ccccc5)[C@H]4C)C(N=[N+]=[N-])[C@H]3C)C(C)[C@H]2C)C(N=[N+]=[N-])[C@@H](C)[C@@H]1C. The van der Waals surface area contributed by atoms with E-state index in [2.05, 4.69) is 37.0 Å². The summed E-state index contributed by atoms with van der Waals surface area (Å²) in [6, 6.07) is 5.51. The lowest BCUT2D eigenvalue weighted by molar-refractivity contribution is -0.355. The van der Waals surface area contributed by atoms with Gasteiger partial charge in [-0.1, -0.05) is 95.9 Å². The van der Waals surface area contributed by atoms with Gasteiger partial charge in [-0.2, -0.15) is 0 Å². The van der Waals surface area contributed by atoms with Crippen LogP contribution in [0.15, 0.2) is 45.7 Å². The fourth-order valence-electron chi connectivity index (χ4n) is 11.2. The number of nitrogens with zero attached hydrogens (tertiary/aromatic N) is 9. The summed E-state index contributed by atoms with van der Waals surface area (Å²) in [5.41, 5.74) is 29.2. The third-order valence-corrected chi connectivity index (χ3v) is 16.1. The first-order valence-electron chi connectivity index (χ1n) is 26.2. The van der Waals surface area contributed by atoms with Crippen molar-refractivity contribution in [2.24, 2.45) is 56.8 Å². The molecule has 420 valence electrons. The summed E-state index contributed by atoms with van der Waals surface area (Å²) < 4.78 is 76.2. The number of benzene rings is 1. The molecule has 5 saturated heterocycles. The zero-order valence-corrected chi connectivity index (χ0v) is 45.5. The molecule has 76 heavy (non-hydrogen) atoms. The number of carbonyl (C=O) groups is 4. The maximum atomic E-state index is 13.9. The molecular formula is C51H75N9O16. The number of rotatable bonds is 20. The number of ether oxygens (including phenoxy) is 12. The van der Waals surface area contributed by atoms with Crippen LogP contribution in [0.4, 0.5) is 0 Å². The lowest BCUT2D eigenvalue weighted by Crippen LogP contribution is -2.64. The predicted molar refractivity (Wildman–Crippen MR) is 267 cm³/mol. The van der Waals surface area contributed by atoms with Crippen LogP contribution in [-0.2, 0) is 71.2 Å². The molecule has 0 amide bonds. The highest BCUT2D eigenvalue weighted by molar-refractivity contribution is 5.89. The molecule has 0 N–H and O–H groups in total. The van der Waals surface area contributed by atoms with Gasteiger partial charge in [0.15, 0.2) is 49.1 Å². The van der Waals surface area contributed by atoms with Crippen LogP contribution in [0.3, 0.4) is 0 Å². The Balaban J connectivity index is 1.27. The van der Waals surface area contributed by atoms with E-state index in [1.807, 2.05) is 41.5 Å². The van der Waals surface area contributed by atoms with E-state index in [9.17, 15) is 35.8 Å². The van der Waals surface area contributed by atoms with Crippen molar-refractivity contribution in [1.29, 1.82) is 0 Å². The van der Waals surface area contributed by atoms with Crippen LogP contribution >= 0.6 is 0 Å². The van der Waals surface area contributed by atoms with Gasteiger partial charge in [-0.05, 0) is 85.0 Å². The van der Waals surface area contributed by atoms with Gasteiger partial charge in [-0.15, -0.1) is 0 Å². The largest absolute Gasteiger partial charge is 0.463 e. The van der Waals surface area contributed by atoms with Gasteiger partial charge in [0, 0.05) is 40.6 Å². The van der Waals surface area contributed by atoms with Gasteiger partial charge in [0.2, 0.25) is 0 Å². The molecule has 0 aliphatic carbocycles. The number of methoxy groups -OCH3 is 1. The van der Waals surface area contributed by atoms with E-state index in [1.165, 1.54) is 27.9 Å². The third kappa shape index (κ3) is 13.3. The first kappa shape index (κ1) is 60.3. The van der Waals surface area contributed by atoms with E-state index in [0.717, 1.165) is 0 Å². The van der Waals surface area contributed by atoms with E-state index in [-0.39, 0.29) is 47.7 Å². The van der Waals surface area contributed by atoms with Crippen molar-refractivity contribution >= 4 is 23.5 Å². The Morgan fingerprint density at radius 1 is 0.513 bits per heavy atom. The number of Topliss-reactive ketones (excluding diaryl/α,β-unsaturated/α-hetero) is 2. The smallest absolute Gasteiger partial charge is 0.338 e. The molecule has 0 bridgehead atoms. The molecule has 0 radical (unpaired) electrons. The van der Waals surface area contributed by atoms with E-state index < -0.39 is 140 Å². The monoisotopic (exact) mass is 1070 g/mol. The second kappa shape index (κ2) is 27.1. The van der Waals surface area contributed by atoms with Crippen molar-refractivity contribution in [3.05, 3.63) is 67.2 Å². The van der Waals surface area contributed by atoms with Crippen LogP contribution < -0.4 is 0 Å². The maximum absolute atomic E-state index is 13.9. The van der Waals surface area contributed by atoms with Crippen LogP contribution in [0.1, 0.15) is 106 Å². The first-order chi connectivity index (χ1) is 36.2. The zero-order chi connectivity index (χ0) is 55.7. The number of ketones is 2. The van der Waals surface area contributed by atoms with Crippen molar-refractivity contribution in [3.63, 3.8) is 0 Å². The van der Waals surface area contributed by atoms with Gasteiger partial charge in [0.05, 0.1) is 54.2 Å². The molecule has 0 spiro atoms. The predicted octanol–water partition coefficient (Wildman–Crippen LogP) is 8.07. The summed E-state index contributed by atoms with van der Waals surface area (Å²) in [7, 11) is 1.37. The summed E-state index contributed by atoms with van der Waals surface area (Å²) in [5, 5.41) is 12.1. The van der Waals surface area contributed by atoms with Gasteiger partial charge >= 0.3 is 11.9 Å². The minimum Gasteiger partial charge on any atom is -0.463 e. The van der Waals surface area contributed by atoms with E-state index in [1.54, 1.807) is 44.2 Å². The number of hydrogen-bond donors (Lipinski definition) is 0. The van der Waals surface area contributed by atoms with Gasteiger partial charge in [0.1, 0.15) is 31.0 Å². The average molecular weight is 1070 g/mol. The Hall–Kier alpha value is -4.97. The molecule has 1 aromatic rings. The van der Waals surface area contributed by atoms with Gasteiger partial charge < -0.3 is 56.8 Å². The third-order valence-electron chi connectivity index (χ3n) is 16.1. The quantitative estimate of drug-likeness (QED) is 0.0515. The highest BCUT2D eigenvalue weighted by Gasteiger charge is 2.56. The minimum absolute atomic E-state index is 0.0725. The Morgan fingerprint density at radius 3 is 1.49 bits per heavy atom. The number of azide groups is 3. The summed E-state index contributed by atoms with van der Waals surface area (Å²) >= 11 is 0. The molecule has 0 aromatic heterocycles. The van der Waals surface area contributed by atoms with Crippen molar-refractivity contribution in [1.82, 2.24) is 0 Å². The Kier molecular flexibility index (Phi) is 21.5. The second-order valence-corrected chi connectivity index (χ2v) is 20.8. The molecule has 1 aromatic carbocycles. The van der Waals surface area contributed by atoms with Crippen LogP contribution in [-0.4, -0.2) is 148 Å². The van der Waals surface area contributed by atoms with Gasteiger partial charge in [-0.25, -0.2) is 4.79 Å². The highest BCUT2D eigenvalue weighted by Crippen LogP contribution is 2.44. The first-order valence-corrected chi connectivity index (χ1v) is 26.2. The highest BCUT2D eigenvalue weighted by atomic mass is 16.8. The van der Waals surface area contributed by atoms with Crippen LogP contribution in [0.2, 0.25) is 0 Å². The molecule has 25 heteroatoms. The Bertz CT molecular complexity index is 2300. The topological polar surface area (TPSA) is 325 Å². The fourth-order valence-corrected chi connectivity index (χ4v) is 11.2. The van der Waals surface area contributed by atoms with E-state index in [0.29, 0.717) is 12.8 Å². The standard InChI is InChI=1S/C51H75N9O16/c1-14-33-22(3)23(4)36(55-58-52)49(67-33)73-41-24(5)25(6)47(75-44(41)29(10)61)71-39-27(8)38(57-60-54)50(68-34(39)15-2)74-42-28(9)43(70-46(64)32-19-17-16-18-20-32)51(76-45(42)30(11)62)72-40-26(7)37(56-59-53)48(65-13)69-35(40)21-66-31(12)63/h16-20,22-28,33-45,47-51H,14-15,21H2,1-13H3/t22-,23-,24+,25?,26+,27+,28-,33?,34?,35?,36?,37?,38?,39-,40-,41-,42-,43?,44?,45?,47+,48-,49+,50+,51+/m0/s1. The number of esters is 2. The lowest BCUT2D eigenvalue weighted by atomic mass is 9.80. The van der Waals surface area contributed by atoms with Crippen LogP contribution in [0.5, 0.6) is 0 Å². The van der Waals surface area contributed by atoms with Gasteiger partial charge in [-0.3, -0.25) is 14.4 Å². The van der Waals surface area contributed by atoms with Crippen molar-refractivity contribution in [2.75, 3.05) is 13.7 Å². The molecule has 5 aliphatic heterocycles. The Labute approximate surface area is 442 Å². The zero-order valence-electron chi connectivity index (χ0n) is 45.5. The second-order valence-electron chi connectivity index (χ2n) is 20.8. The van der Waals surface area contributed by atoms with E-state index >= 15 is 0 Å². The molecule has 10 unspecified atom stereocenters. The van der Waals surface area contributed by atoms with Crippen LogP contribution in [0, 0.1) is 41.4 Å². The van der Waals surface area contributed by atoms with Crippen LogP contribution in [0.25, 0.3) is 31.3 Å². The molecule has 5 heterocycles. The van der Waals surface area contributed by atoms with Crippen molar-refractivity contribution < 1.29 is 76.0 Å². The van der Waals surface area contributed by atoms with E-state index in [4.69, 9.17) is 56.8 Å². The average Bonchev–Trinajstić information content (AvgIpc) is 3.39. The molecule has 6 rings (SSSR count). The molecule has 25 atom stereocenters. The Morgan fingerprint density at radius 2 is 0.974 bits per heavy atom. The summed E-state index contributed by atoms with van der Waals surface area (Å²) in [5.74, 6) is -5.12. The van der Waals surface area contributed by atoms with Gasteiger partial charge in [0.25, 0.3) is 0 Å². The minimum atomic E-state index is -1.50. The molecule has 0 saturated carbocycles. The van der Waals surface area contributed by atoms with Crippen molar-refractivity contribution in [2.45, 2.75) is 207 Å². The normalized spacial score (nSPS) is 41.5. The maximum Gasteiger partial charge on any atom is 0.338 e. The van der Waals surface area contributed by atoms with Crippen molar-refractivity contribution in [3.8, 4) is 0 Å². The summed E-state index contributed by atoms with van der Waals surface area (Å²) in [6.07, 6.45) is -14.3. The summed E-state index contributed by atoms with van der Waals surface area (Å²) in [4.78, 5) is 62.5. The number of hydrogen-bond acceptors (Lipinski definition) is 19. The molecule has 25 nitrogen and oxygen atoms in total. The summed E-state index contributed by atoms with van der Waals surface area (Å²) in [6.45, 7) is 20.6. The number of carbonyl (C=O) groups excluding carboxylic acids is 4. The molecule has 5 aliphatic rings. The lowest BCUT2D eigenvalue weighted by Gasteiger charge is -2.51. The molecule has 5 fully saturated rings. The fraction of sp³-hybridized carbons (Fsp3) is 0.804. The molecular weight excluding hydrogens is 995 g/mol.